The smallest absolute Gasteiger partial charge is 0.319 e. The molecule has 1 saturated carbocycles. The molecule has 0 radical (unpaired) electrons. The number of hydrogen-bond acceptors (Lipinski definition) is 4. The van der Waals surface area contributed by atoms with Crippen molar-refractivity contribution in [2.75, 3.05) is 5.32 Å². The van der Waals surface area contributed by atoms with Crippen molar-refractivity contribution in [3.63, 3.8) is 0 Å². The van der Waals surface area contributed by atoms with Crippen molar-refractivity contribution in [1.29, 1.82) is 0 Å². The average Bonchev–Trinajstić information content (AvgIpc) is 2.62. The number of hydrogen-bond donors (Lipinski definition) is 2. The number of carbonyl (C=O) groups is 1. The average molecular weight is 383 g/mol. The fourth-order valence-electron chi connectivity index (χ4n) is 2.79. The third kappa shape index (κ3) is 4.78. The molecule has 9 heteroatoms. The summed E-state index contributed by atoms with van der Waals surface area (Å²) >= 11 is 5.73. The fraction of sp³-hybridized carbons (Fsp3) is 0.353. The molecule has 1 aliphatic carbocycles. The van der Waals surface area contributed by atoms with Gasteiger partial charge in [-0.05, 0) is 37.8 Å². The van der Waals surface area contributed by atoms with Crippen molar-refractivity contribution in [3.05, 3.63) is 47.2 Å². The summed E-state index contributed by atoms with van der Waals surface area (Å²) in [5.41, 5.74) is -0.457. The van der Waals surface area contributed by atoms with Gasteiger partial charge in [0.1, 0.15) is 23.4 Å². The van der Waals surface area contributed by atoms with Crippen LogP contribution in [0.15, 0.2) is 30.6 Å². The highest BCUT2D eigenvalue weighted by Crippen LogP contribution is 2.23. The van der Waals surface area contributed by atoms with Crippen molar-refractivity contribution in [3.8, 4) is 6.01 Å². The molecule has 1 aliphatic rings. The van der Waals surface area contributed by atoms with Gasteiger partial charge in [-0.15, -0.1) is 0 Å². The predicted molar refractivity (Wildman–Crippen MR) is 92.2 cm³/mol. The van der Waals surface area contributed by atoms with E-state index in [-0.39, 0.29) is 18.2 Å². The predicted octanol–water partition coefficient (Wildman–Crippen LogP) is 3.92. The number of aromatic nitrogens is 2. The highest BCUT2D eigenvalue weighted by molar-refractivity contribution is 6.30. The lowest BCUT2D eigenvalue weighted by atomic mass is 9.93. The summed E-state index contributed by atoms with van der Waals surface area (Å²) in [5.74, 6) is -1.64. The Labute approximate surface area is 153 Å². The summed E-state index contributed by atoms with van der Waals surface area (Å²) in [6.45, 7) is 0. The number of benzene rings is 1. The van der Waals surface area contributed by atoms with Gasteiger partial charge in [0.05, 0.1) is 17.4 Å². The molecule has 0 unspecified atom stereocenters. The molecule has 0 saturated heterocycles. The first-order chi connectivity index (χ1) is 12.5. The Morgan fingerprint density at radius 2 is 1.73 bits per heavy atom. The van der Waals surface area contributed by atoms with Crippen molar-refractivity contribution < 1.29 is 18.3 Å². The Balaban J connectivity index is 1.46. The summed E-state index contributed by atoms with van der Waals surface area (Å²) < 4.78 is 32.8. The standard InChI is InChI=1S/C17H17ClF2N4O2/c18-10-8-21-17(22-9-10)26-12-6-4-11(5-7-12)23-16(25)24-15-13(19)2-1-3-14(15)20/h1-3,8-9,11-12H,4-7H2,(H2,23,24,25). The van der Waals surface area contributed by atoms with Crippen LogP contribution in [0.2, 0.25) is 5.02 Å². The maximum atomic E-state index is 13.6. The Bertz CT molecular complexity index is 748. The highest BCUT2D eigenvalue weighted by atomic mass is 35.5. The number of nitrogens with zero attached hydrogens (tertiary/aromatic N) is 2. The molecule has 0 spiro atoms. The third-order valence-corrected chi connectivity index (χ3v) is 4.27. The Morgan fingerprint density at radius 3 is 2.35 bits per heavy atom. The SMILES string of the molecule is O=C(Nc1c(F)cccc1F)NC1CCC(Oc2ncc(Cl)cn2)CC1. The van der Waals surface area contributed by atoms with Crippen molar-refractivity contribution in [1.82, 2.24) is 15.3 Å². The van der Waals surface area contributed by atoms with E-state index in [1.54, 1.807) is 0 Å². The second-order valence-corrected chi connectivity index (χ2v) is 6.41. The molecule has 0 aliphatic heterocycles. The maximum absolute atomic E-state index is 13.6. The number of rotatable bonds is 4. The molecule has 1 fully saturated rings. The molecule has 2 amide bonds. The van der Waals surface area contributed by atoms with E-state index in [0.717, 1.165) is 12.1 Å². The van der Waals surface area contributed by atoms with E-state index >= 15 is 0 Å². The van der Waals surface area contributed by atoms with Gasteiger partial charge in [-0.25, -0.2) is 23.5 Å². The van der Waals surface area contributed by atoms with Crippen LogP contribution in [0.4, 0.5) is 19.3 Å². The summed E-state index contributed by atoms with van der Waals surface area (Å²) in [4.78, 5) is 19.9. The lowest BCUT2D eigenvalue weighted by Crippen LogP contribution is -2.42. The van der Waals surface area contributed by atoms with Gasteiger partial charge < -0.3 is 15.4 Å². The number of amides is 2. The summed E-state index contributed by atoms with van der Waals surface area (Å²) in [7, 11) is 0. The van der Waals surface area contributed by atoms with Gasteiger partial charge in [-0.2, -0.15) is 0 Å². The van der Waals surface area contributed by atoms with E-state index in [1.165, 1.54) is 18.5 Å². The molecule has 1 heterocycles. The largest absolute Gasteiger partial charge is 0.460 e. The minimum atomic E-state index is -0.819. The van der Waals surface area contributed by atoms with Crippen LogP contribution >= 0.6 is 11.6 Å². The Hall–Kier alpha value is -2.48. The number of anilines is 1. The lowest BCUT2D eigenvalue weighted by molar-refractivity contribution is 0.129. The van der Waals surface area contributed by atoms with Crippen molar-refractivity contribution in [2.24, 2.45) is 0 Å². The molecule has 6 nitrogen and oxygen atoms in total. The zero-order valence-corrected chi connectivity index (χ0v) is 14.5. The van der Waals surface area contributed by atoms with Gasteiger partial charge in [-0.1, -0.05) is 17.7 Å². The molecule has 2 N–H and O–H groups in total. The monoisotopic (exact) mass is 382 g/mol. The first kappa shape index (κ1) is 18.3. The van der Waals surface area contributed by atoms with Gasteiger partial charge in [0, 0.05) is 6.04 Å². The fourth-order valence-corrected chi connectivity index (χ4v) is 2.89. The summed E-state index contributed by atoms with van der Waals surface area (Å²) in [5, 5.41) is 5.38. The third-order valence-electron chi connectivity index (χ3n) is 4.08. The second-order valence-electron chi connectivity index (χ2n) is 5.97. The molecule has 0 atom stereocenters. The second kappa shape index (κ2) is 8.27. The number of urea groups is 1. The summed E-state index contributed by atoms with van der Waals surface area (Å²) in [6.07, 6.45) is 5.61. The van der Waals surface area contributed by atoms with Crippen LogP contribution in [-0.2, 0) is 0 Å². The van der Waals surface area contributed by atoms with Crippen LogP contribution < -0.4 is 15.4 Å². The van der Waals surface area contributed by atoms with E-state index in [0.29, 0.717) is 30.7 Å². The zero-order chi connectivity index (χ0) is 18.5. The molecule has 2 aromatic rings. The van der Waals surface area contributed by atoms with Gasteiger partial charge >= 0.3 is 12.0 Å². The van der Waals surface area contributed by atoms with Crippen molar-refractivity contribution in [2.45, 2.75) is 37.8 Å². The lowest BCUT2D eigenvalue weighted by Gasteiger charge is -2.28. The van der Waals surface area contributed by atoms with Crippen molar-refractivity contribution >= 4 is 23.3 Å². The van der Waals surface area contributed by atoms with Gasteiger partial charge in [-0.3, -0.25) is 0 Å². The maximum Gasteiger partial charge on any atom is 0.319 e. The minimum absolute atomic E-state index is 0.0544. The molecule has 3 rings (SSSR count). The van der Waals surface area contributed by atoms with Crippen LogP contribution in [-0.4, -0.2) is 28.1 Å². The Kier molecular flexibility index (Phi) is 5.82. The van der Waals surface area contributed by atoms with E-state index in [4.69, 9.17) is 16.3 Å². The minimum Gasteiger partial charge on any atom is -0.460 e. The molecule has 26 heavy (non-hydrogen) atoms. The Morgan fingerprint density at radius 1 is 1.12 bits per heavy atom. The topological polar surface area (TPSA) is 76.1 Å². The molecular formula is C17H17ClF2N4O2. The van der Waals surface area contributed by atoms with Gasteiger partial charge in [0.2, 0.25) is 0 Å². The van der Waals surface area contributed by atoms with Crippen LogP contribution in [0, 0.1) is 11.6 Å². The number of nitrogens with one attached hydrogen (secondary N) is 2. The summed E-state index contributed by atoms with van der Waals surface area (Å²) in [6, 6.07) is 2.92. The molecule has 0 bridgehead atoms. The molecule has 138 valence electrons. The van der Waals surface area contributed by atoms with E-state index < -0.39 is 23.4 Å². The van der Waals surface area contributed by atoms with E-state index in [9.17, 15) is 13.6 Å². The van der Waals surface area contributed by atoms with E-state index in [1.807, 2.05) is 0 Å². The van der Waals surface area contributed by atoms with Crippen LogP contribution in [0.5, 0.6) is 6.01 Å². The zero-order valence-electron chi connectivity index (χ0n) is 13.7. The normalized spacial score (nSPS) is 19.7. The number of halogens is 3. The first-order valence-corrected chi connectivity index (χ1v) is 8.55. The van der Waals surface area contributed by atoms with Crippen LogP contribution in [0.25, 0.3) is 0 Å². The van der Waals surface area contributed by atoms with Gasteiger partial charge in [0.15, 0.2) is 0 Å². The van der Waals surface area contributed by atoms with Crippen LogP contribution in [0.1, 0.15) is 25.7 Å². The highest BCUT2D eigenvalue weighted by Gasteiger charge is 2.24. The number of para-hydroxylation sites is 1. The molecule has 1 aromatic carbocycles. The number of carbonyl (C=O) groups excluding carboxylic acids is 1. The van der Waals surface area contributed by atoms with E-state index in [2.05, 4.69) is 20.6 Å². The van der Waals surface area contributed by atoms with Crippen LogP contribution in [0.3, 0.4) is 0 Å². The van der Waals surface area contributed by atoms with Gasteiger partial charge in [0.25, 0.3) is 0 Å². The first-order valence-electron chi connectivity index (χ1n) is 8.17. The molecular weight excluding hydrogens is 366 g/mol. The number of ether oxygens (including phenoxy) is 1. The quantitative estimate of drug-likeness (QED) is 0.840. The molecule has 1 aromatic heterocycles.